The molecule has 0 aliphatic carbocycles. The van der Waals surface area contributed by atoms with Crippen molar-refractivity contribution in [1.82, 2.24) is 4.31 Å². The van der Waals surface area contributed by atoms with E-state index in [-0.39, 0.29) is 17.1 Å². The van der Waals surface area contributed by atoms with Crippen LogP contribution in [0, 0.1) is 10.1 Å². The number of hydrogen-bond acceptors (Lipinski definition) is 7. The number of thiophene rings is 1. The van der Waals surface area contributed by atoms with Crippen molar-refractivity contribution in [2.24, 2.45) is 0 Å². The molecule has 1 aliphatic rings. The lowest BCUT2D eigenvalue weighted by atomic mass is 10.0. The largest absolute Gasteiger partial charge is 0.468 e. The van der Waals surface area contributed by atoms with E-state index >= 15 is 0 Å². The number of nitro groups is 1. The van der Waals surface area contributed by atoms with Crippen molar-refractivity contribution >= 4 is 33.0 Å². The molecule has 0 fully saturated rings. The van der Waals surface area contributed by atoms with Crippen LogP contribution in [0.2, 0.25) is 0 Å². The average molecular weight is 382 g/mol. The van der Waals surface area contributed by atoms with E-state index in [4.69, 9.17) is 4.74 Å². The Kier molecular flexibility index (Phi) is 4.58. The zero-order valence-electron chi connectivity index (χ0n) is 13.1. The minimum Gasteiger partial charge on any atom is -0.468 e. The molecule has 0 spiro atoms. The van der Waals surface area contributed by atoms with E-state index in [1.165, 1.54) is 30.6 Å². The van der Waals surface area contributed by atoms with Gasteiger partial charge in [0, 0.05) is 23.6 Å². The summed E-state index contributed by atoms with van der Waals surface area (Å²) in [6, 6.07) is 5.26. The van der Waals surface area contributed by atoms with Crippen molar-refractivity contribution in [3.05, 3.63) is 56.3 Å². The molecule has 25 heavy (non-hydrogen) atoms. The van der Waals surface area contributed by atoms with E-state index in [1.54, 1.807) is 6.07 Å². The zero-order valence-corrected chi connectivity index (χ0v) is 14.7. The van der Waals surface area contributed by atoms with E-state index in [0.717, 1.165) is 21.3 Å². The van der Waals surface area contributed by atoms with Gasteiger partial charge < -0.3 is 4.74 Å². The Morgan fingerprint density at radius 1 is 1.32 bits per heavy atom. The van der Waals surface area contributed by atoms with Crippen LogP contribution in [0.15, 0.2) is 40.6 Å². The molecule has 0 saturated heterocycles. The van der Waals surface area contributed by atoms with Crippen molar-refractivity contribution in [3.63, 3.8) is 0 Å². The van der Waals surface area contributed by atoms with Gasteiger partial charge in [-0.05, 0) is 35.6 Å². The molecule has 8 nitrogen and oxygen atoms in total. The second kappa shape index (κ2) is 6.54. The Morgan fingerprint density at radius 2 is 2.00 bits per heavy atom. The highest BCUT2D eigenvalue weighted by Crippen LogP contribution is 2.37. The maximum atomic E-state index is 13.0. The van der Waals surface area contributed by atoms with Gasteiger partial charge in [0.1, 0.15) is 6.04 Å². The number of hydrogen-bond donors (Lipinski definition) is 0. The maximum absolute atomic E-state index is 13.0. The van der Waals surface area contributed by atoms with Crippen molar-refractivity contribution < 1.29 is 22.9 Å². The molecule has 0 radical (unpaired) electrons. The lowest BCUT2D eigenvalue weighted by Crippen LogP contribution is -2.43. The second-order valence-corrected chi connectivity index (χ2v) is 8.23. The molecular weight excluding hydrogens is 368 g/mol. The van der Waals surface area contributed by atoms with Gasteiger partial charge in [-0.3, -0.25) is 10.1 Å². The van der Waals surface area contributed by atoms with E-state index < -0.39 is 27.0 Å². The van der Waals surface area contributed by atoms with Crippen LogP contribution >= 0.6 is 11.3 Å². The van der Waals surface area contributed by atoms with E-state index in [0.29, 0.717) is 12.0 Å². The van der Waals surface area contributed by atoms with Crippen molar-refractivity contribution in [3.8, 4) is 0 Å². The van der Waals surface area contributed by atoms with Crippen LogP contribution in [0.3, 0.4) is 0 Å². The zero-order chi connectivity index (χ0) is 18.2. The normalized spacial score (nSPS) is 17.7. The smallest absolute Gasteiger partial charge is 0.328 e. The van der Waals surface area contributed by atoms with E-state index in [1.807, 2.05) is 5.38 Å². The Bertz CT molecular complexity index is 920. The minimum atomic E-state index is -4.01. The number of carbonyl (C=O) groups is 1. The van der Waals surface area contributed by atoms with Crippen LogP contribution in [0.1, 0.15) is 16.5 Å². The molecule has 0 N–H and O–H groups in total. The first-order chi connectivity index (χ1) is 11.9. The number of fused-ring (bicyclic) bond motifs is 1. The van der Waals surface area contributed by atoms with Gasteiger partial charge in [-0.15, -0.1) is 11.3 Å². The number of sulfonamides is 1. The fourth-order valence-corrected chi connectivity index (χ4v) is 5.25. The molecule has 132 valence electrons. The number of carbonyl (C=O) groups excluding carboxylic acids is 1. The SMILES string of the molecule is COC(=O)C1c2ccsc2CCN1S(=O)(=O)c1ccc([N+](=O)[O-])cc1. The van der Waals surface area contributed by atoms with E-state index in [9.17, 15) is 23.3 Å². The number of nitro benzene ring substituents is 1. The average Bonchev–Trinajstić information content (AvgIpc) is 3.08. The van der Waals surface area contributed by atoms with Gasteiger partial charge in [-0.25, -0.2) is 13.2 Å². The van der Waals surface area contributed by atoms with Crippen LogP contribution in [0.4, 0.5) is 5.69 Å². The summed E-state index contributed by atoms with van der Waals surface area (Å²) in [5.74, 6) is -0.662. The lowest BCUT2D eigenvalue weighted by molar-refractivity contribution is -0.384. The molecule has 10 heteroatoms. The quantitative estimate of drug-likeness (QED) is 0.455. The lowest BCUT2D eigenvalue weighted by Gasteiger charge is -2.32. The highest BCUT2D eigenvalue weighted by molar-refractivity contribution is 7.89. The predicted octanol–water partition coefficient (Wildman–Crippen LogP) is 2.12. The van der Waals surface area contributed by atoms with Crippen LogP contribution in [-0.4, -0.2) is 37.3 Å². The molecule has 0 bridgehead atoms. The third-order valence-corrected chi connectivity index (χ3v) is 6.88. The third kappa shape index (κ3) is 3.03. The number of ether oxygens (including phenoxy) is 1. The number of methoxy groups -OCH3 is 1. The van der Waals surface area contributed by atoms with Crippen molar-refractivity contribution in [2.45, 2.75) is 17.4 Å². The fourth-order valence-electron chi connectivity index (χ4n) is 2.78. The Morgan fingerprint density at radius 3 is 2.60 bits per heavy atom. The van der Waals surface area contributed by atoms with Crippen LogP contribution in [0.5, 0.6) is 0 Å². The maximum Gasteiger partial charge on any atom is 0.328 e. The molecule has 1 aromatic heterocycles. The van der Waals surface area contributed by atoms with Crippen molar-refractivity contribution in [1.29, 1.82) is 0 Å². The summed E-state index contributed by atoms with van der Waals surface area (Å²) in [6.45, 7) is 0.132. The molecule has 2 heterocycles. The minimum absolute atomic E-state index is 0.106. The van der Waals surface area contributed by atoms with Gasteiger partial charge in [0.2, 0.25) is 10.0 Å². The summed E-state index contributed by atoms with van der Waals surface area (Å²) in [5, 5.41) is 12.5. The van der Waals surface area contributed by atoms with Gasteiger partial charge in [-0.1, -0.05) is 0 Å². The summed E-state index contributed by atoms with van der Waals surface area (Å²) in [5.41, 5.74) is 0.413. The summed E-state index contributed by atoms with van der Waals surface area (Å²) in [4.78, 5) is 23.2. The summed E-state index contributed by atoms with van der Waals surface area (Å²) in [7, 11) is -2.81. The molecule has 2 aromatic rings. The van der Waals surface area contributed by atoms with Crippen molar-refractivity contribution in [2.75, 3.05) is 13.7 Å². The van der Waals surface area contributed by atoms with Gasteiger partial charge >= 0.3 is 5.97 Å². The highest BCUT2D eigenvalue weighted by Gasteiger charge is 2.41. The van der Waals surface area contributed by atoms with Gasteiger partial charge in [0.05, 0.1) is 16.9 Å². The Labute approximate surface area is 147 Å². The number of rotatable bonds is 4. The predicted molar refractivity (Wildman–Crippen MR) is 89.8 cm³/mol. The van der Waals surface area contributed by atoms with E-state index in [2.05, 4.69) is 0 Å². The monoisotopic (exact) mass is 382 g/mol. The number of non-ortho nitro benzene ring substituents is 1. The topological polar surface area (TPSA) is 107 Å². The molecule has 1 aliphatic heterocycles. The second-order valence-electron chi connectivity index (χ2n) is 5.34. The molecule has 3 rings (SSSR count). The van der Waals surface area contributed by atoms with Gasteiger partial charge in [0.15, 0.2) is 0 Å². The molecular formula is C15H14N2O6S2. The number of esters is 1. The fraction of sp³-hybridized carbons (Fsp3) is 0.267. The molecule has 1 atom stereocenters. The van der Waals surface area contributed by atoms with Gasteiger partial charge in [-0.2, -0.15) is 4.31 Å². The first-order valence-corrected chi connectivity index (χ1v) is 9.58. The first-order valence-electron chi connectivity index (χ1n) is 7.26. The molecule has 1 aromatic carbocycles. The Balaban J connectivity index is 2.03. The van der Waals surface area contributed by atoms with Crippen LogP contribution in [-0.2, 0) is 26.0 Å². The number of nitrogens with zero attached hydrogens (tertiary/aromatic N) is 2. The standard InChI is InChI=1S/C15H14N2O6S2/c1-23-15(18)14-12-7-9-24-13(12)6-8-16(14)25(21,22)11-4-2-10(3-5-11)17(19)20/h2-5,7,9,14H,6,8H2,1H3. The number of benzene rings is 1. The summed E-state index contributed by atoms with van der Waals surface area (Å²) < 4.78 is 31.9. The third-order valence-electron chi connectivity index (χ3n) is 4.00. The highest BCUT2D eigenvalue weighted by atomic mass is 32.2. The van der Waals surface area contributed by atoms with Gasteiger partial charge in [0.25, 0.3) is 5.69 Å². The molecule has 0 amide bonds. The summed E-state index contributed by atoms with van der Waals surface area (Å²) >= 11 is 1.47. The summed E-state index contributed by atoms with van der Waals surface area (Å²) in [6.07, 6.45) is 0.493. The first kappa shape index (κ1) is 17.5. The van der Waals surface area contributed by atoms with Crippen LogP contribution < -0.4 is 0 Å². The molecule has 0 saturated carbocycles. The van der Waals surface area contributed by atoms with Crippen LogP contribution in [0.25, 0.3) is 0 Å². The Hall–Kier alpha value is -2.30. The molecule has 1 unspecified atom stereocenters.